The van der Waals surface area contributed by atoms with Crippen molar-refractivity contribution in [3.05, 3.63) is 12.7 Å². The van der Waals surface area contributed by atoms with E-state index in [0.29, 0.717) is 0 Å². The summed E-state index contributed by atoms with van der Waals surface area (Å²) in [7, 11) is 0. The van der Waals surface area contributed by atoms with Gasteiger partial charge in [-0.3, -0.25) is 0 Å². The molecular weight excluding hydrogens is 384 g/mol. The summed E-state index contributed by atoms with van der Waals surface area (Å²) in [5.74, 6) is 0. The fourth-order valence-electron chi connectivity index (χ4n) is 0.892. The van der Waals surface area contributed by atoms with Gasteiger partial charge in [-0.05, 0) is 23.6 Å². The summed E-state index contributed by atoms with van der Waals surface area (Å²) in [6.07, 6.45) is 6.40. The second-order valence-electron chi connectivity index (χ2n) is 3.52. The summed E-state index contributed by atoms with van der Waals surface area (Å²) in [6, 6.07) is 0. The van der Waals surface area contributed by atoms with Crippen molar-refractivity contribution >= 4 is 37.1 Å². The van der Waals surface area contributed by atoms with Gasteiger partial charge >= 0.3 is 79.4 Å². The van der Waals surface area contributed by atoms with Crippen molar-refractivity contribution < 1.29 is 46.5 Å². The topological polar surface area (TPSA) is 121 Å². The van der Waals surface area contributed by atoms with Crippen LogP contribution in [-0.2, 0) is 40.7 Å². The molecule has 6 nitrogen and oxygen atoms in total. The second kappa shape index (κ2) is 15.8. The number of hydrogen-bond donors (Lipinski definition) is 6. The van der Waals surface area contributed by atoms with Crippen molar-refractivity contribution in [2.75, 3.05) is 0 Å². The first kappa shape index (κ1) is 25.4. The zero-order valence-electron chi connectivity index (χ0n) is 10.9. The van der Waals surface area contributed by atoms with Gasteiger partial charge in [-0.1, -0.05) is 0 Å². The average molecular weight is 406 g/mol. The zero-order valence-corrected chi connectivity index (χ0v) is 17.3. The Balaban J connectivity index is -0.000000219. The molecule has 0 saturated carbocycles. The molecule has 0 amide bonds. The van der Waals surface area contributed by atoms with E-state index in [4.69, 9.17) is 29.4 Å². The Morgan fingerprint density at radius 3 is 1.63 bits per heavy atom. The molecule has 0 aromatic rings. The van der Waals surface area contributed by atoms with Gasteiger partial charge in [-0.2, -0.15) is 0 Å². The molecule has 0 saturated heterocycles. The van der Waals surface area contributed by atoms with E-state index in [0.717, 1.165) is 0 Å². The van der Waals surface area contributed by atoms with Crippen LogP contribution in [0.4, 0.5) is 0 Å². The molecule has 19 heavy (non-hydrogen) atoms. The van der Waals surface area contributed by atoms with Crippen LogP contribution in [0, 0.1) is 0 Å². The molecule has 114 valence electrons. The Hall–Kier alpha value is 1.42. The number of hydrogen-bond acceptors (Lipinski definition) is 2. The Bertz CT molecular complexity index is 256. The van der Waals surface area contributed by atoms with Gasteiger partial charge in [0, 0.05) is 0 Å². The Morgan fingerprint density at radius 1 is 1.00 bits per heavy atom. The minimum absolute atomic E-state index is 0.0994. The van der Waals surface area contributed by atoms with Gasteiger partial charge in [0.1, 0.15) is 0 Å². The first-order valence-electron chi connectivity index (χ1n) is 5.59. The summed E-state index contributed by atoms with van der Waals surface area (Å²) in [5.41, 5.74) is 0. The van der Waals surface area contributed by atoms with E-state index < -0.39 is 13.4 Å². The smallest absolute Gasteiger partial charge is 0.319 e. The van der Waals surface area contributed by atoms with Crippen molar-refractivity contribution in [2.24, 2.45) is 0 Å². The van der Waals surface area contributed by atoms with Crippen LogP contribution in [0.1, 0.15) is 26.2 Å². The van der Waals surface area contributed by atoms with Crippen LogP contribution in [0.2, 0.25) is 10.0 Å². The molecule has 0 rings (SSSR count). The normalized spacial score (nSPS) is 10.3. The molecule has 0 aliphatic carbocycles. The summed E-state index contributed by atoms with van der Waals surface area (Å²) in [5, 5.41) is 2.96. The Labute approximate surface area is 132 Å². The molecule has 0 radical (unpaired) electrons. The SMILES string of the molecule is C=C[CH2][Zn][CH2]CCCC.OP(O)(O)=S.OP(O)(O)=S. The molecule has 0 heterocycles. The van der Waals surface area contributed by atoms with Crippen molar-refractivity contribution in [1.29, 1.82) is 0 Å². The largest absolute Gasteiger partial charge is 0.325 e. The fourth-order valence-corrected chi connectivity index (χ4v) is 3.59. The van der Waals surface area contributed by atoms with E-state index in [1.165, 1.54) is 24.3 Å². The maximum absolute atomic E-state index is 7.56. The van der Waals surface area contributed by atoms with Crippen LogP contribution in [0.15, 0.2) is 12.7 Å². The van der Waals surface area contributed by atoms with Gasteiger partial charge in [0.15, 0.2) is 0 Å². The van der Waals surface area contributed by atoms with Gasteiger partial charge in [-0.15, -0.1) is 0 Å². The van der Waals surface area contributed by atoms with E-state index in [-0.39, 0.29) is 17.1 Å². The van der Waals surface area contributed by atoms with E-state index in [1.54, 1.807) is 5.02 Å². The first-order valence-corrected chi connectivity index (χ1v) is 15.1. The zero-order chi connectivity index (χ0) is 15.9. The summed E-state index contributed by atoms with van der Waals surface area (Å²) < 4.78 is 0. The van der Waals surface area contributed by atoms with E-state index in [9.17, 15) is 0 Å². The molecule has 11 heteroatoms. The predicted octanol–water partition coefficient (Wildman–Crippen LogP) is 1.66. The summed E-state index contributed by atoms with van der Waals surface area (Å²) in [4.78, 5) is 45.3. The van der Waals surface area contributed by atoms with Crippen molar-refractivity contribution in [2.45, 2.75) is 36.2 Å². The van der Waals surface area contributed by atoms with Crippen LogP contribution in [0.3, 0.4) is 0 Å². The quantitative estimate of drug-likeness (QED) is 0.171. The fraction of sp³-hybridized carbons (Fsp3) is 0.750. The third-order valence-corrected chi connectivity index (χ3v) is 5.32. The molecule has 0 fully saturated rings. The molecule has 6 N–H and O–H groups in total. The monoisotopic (exact) mass is 404 g/mol. The average Bonchev–Trinajstić information content (AvgIpc) is 2.12. The third kappa shape index (κ3) is 107. The van der Waals surface area contributed by atoms with Gasteiger partial charge in [0.05, 0.1) is 0 Å². The molecule has 0 atom stereocenters. The molecule has 0 aliphatic heterocycles. The van der Waals surface area contributed by atoms with Crippen molar-refractivity contribution in [3.8, 4) is 0 Å². The Kier molecular flexibility index (Phi) is 21.1. The van der Waals surface area contributed by atoms with Crippen LogP contribution >= 0.6 is 13.4 Å². The van der Waals surface area contributed by atoms with Crippen LogP contribution in [0.25, 0.3) is 0 Å². The van der Waals surface area contributed by atoms with Gasteiger partial charge in [0.25, 0.3) is 0 Å². The Morgan fingerprint density at radius 2 is 1.37 bits per heavy atom. The van der Waals surface area contributed by atoms with Gasteiger partial charge in [0.2, 0.25) is 0 Å². The third-order valence-electron chi connectivity index (χ3n) is 1.51. The van der Waals surface area contributed by atoms with Gasteiger partial charge in [-0.25, -0.2) is 0 Å². The van der Waals surface area contributed by atoms with Crippen LogP contribution in [-0.4, -0.2) is 29.4 Å². The first-order chi connectivity index (χ1) is 8.41. The van der Waals surface area contributed by atoms with Crippen molar-refractivity contribution in [3.63, 3.8) is 0 Å². The molecule has 0 spiro atoms. The number of allylic oxidation sites excluding steroid dienone is 1. The van der Waals surface area contributed by atoms with Crippen molar-refractivity contribution in [1.82, 2.24) is 0 Å². The minimum Gasteiger partial charge on any atom is -0.325 e. The summed E-state index contributed by atoms with van der Waals surface area (Å²) >= 11 is 7.11. The molecule has 0 aromatic carbocycles. The minimum atomic E-state index is -3.81. The molecule has 0 aliphatic rings. The van der Waals surface area contributed by atoms with Crippen LogP contribution in [0.5, 0.6) is 0 Å². The molecule has 0 unspecified atom stereocenters. The van der Waals surface area contributed by atoms with E-state index in [1.807, 2.05) is 0 Å². The standard InChI is InChI=1S/C5H11.C3H5.2H3O3PS.Zn/c1-3-5-4-2;1-3-2;2*1-4(2,3)5;/h1,3-5H2,2H3;3H,1-2H2;2*(H3,1,2,3,5);. The van der Waals surface area contributed by atoms with E-state index in [2.05, 4.69) is 43.2 Å². The predicted molar refractivity (Wildman–Crippen MR) is 81.2 cm³/mol. The van der Waals surface area contributed by atoms with Crippen LogP contribution < -0.4 is 0 Å². The van der Waals surface area contributed by atoms with E-state index >= 15 is 0 Å². The number of unbranched alkanes of at least 4 members (excludes halogenated alkanes) is 2. The number of rotatable bonds is 6. The van der Waals surface area contributed by atoms with Gasteiger partial charge < -0.3 is 29.4 Å². The molecule has 0 aromatic heterocycles. The maximum atomic E-state index is 7.56. The maximum Gasteiger partial charge on any atom is 0.319 e. The molecular formula is C8H22O6P2S2Zn. The second-order valence-corrected chi connectivity index (χ2v) is 12.7. The molecule has 0 bridgehead atoms. The summed E-state index contributed by atoms with van der Waals surface area (Å²) in [6.45, 7) is -1.62.